The van der Waals surface area contributed by atoms with Crippen molar-refractivity contribution in [3.63, 3.8) is 0 Å². The lowest BCUT2D eigenvalue weighted by molar-refractivity contribution is -0.117. The van der Waals surface area contributed by atoms with Gasteiger partial charge in [0.1, 0.15) is 0 Å². The average Bonchev–Trinajstić information content (AvgIpc) is 2.18. The van der Waals surface area contributed by atoms with E-state index in [1.807, 2.05) is 6.07 Å². The molecular weight excluding hydrogens is 178 g/mol. The van der Waals surface area contributed by atoms with Crippen molar-refractivity contribution in [2.75, 3.05) is 11.9 Å². The van der Waals surface area contributed by atoms with Gasteiger partial charge in [-0.1, -0.05) is 0 Å². The van der Waals surface area contributed by atoms with E-state index in [2.05, 4.69) is 5.32 Å². The molecule has 4 heteroatoms. The molecule has 0 saturated heterocycles. The second kappa shape index (κ2) is 4.87. The van der Waals surface area contributed by atoms with Crippen LogP contribution in [0.2, 0.25) is 0 Å². The molecule has 0 aliphatic rings. The molecule has 14 heavy (non-hydrogen) atoms. The van der Waals surface area contributed by atoms with Crippen LogP contribution in [0.4, 0.5) is 5.69 Å². The summed E-state index contributed by atoms with van der Waals surface area (Å²) < 4.78 is 0. The lowest BCUT2D eigenvalue weighted by Gasteiger charge is -2.03. The summed E-state index contributed by atoms with van der Waals surface area (Å²) in [6.45, 7) is 0.515. The lowest BCUT2D eigenvalue weighted by atomic mass is 10.2. The Morgan fingerprint density at radius 1 is 1.43 bits per heavy atom. The smallest absolute Gasteiger partial charge is 0.219 e. The standard InChI is InChI=1S/C10H11N3O/c11-7-8-1-3-9(4-2-8)13-6-5-10(12)14/h1-4,13H,5-6H2,(H2,12,14). The number of nitriles is 1. The van der Waals surface area contributed by atoms with E-state index >= 15 is 0 Å². The van der Waals surface area contributed by atoms with Crippen LogP contribution in [0.5, 0.6) is 0 Å². The van der Waals surface area contributed by atoms with Gasteiger partial charge < -0.3 is 11.1 Å². The fraction of sp³-hybridized carbons (Fsp3) is 0.200. The molecule has 0 spiro atoms. The monoisotopic (exact) mass is 189 g/mol. The van der Waals surface area contributed by atoms with Crippen LogP contribution in [0.25, 0.3) is 0 Å². The van der Waals surface area contributed by atoms with Gasteiger partial charge in [-0.25, -0.2) is 0 Å². The third kappa shape index (κ3) is 3.15. The molecule has 0 heterocycles. The molecule has 1 aromatic rings. The van der Waals surface area contributed by atoms with E-state index in [0.29, 0.717) is 18.5 Å². The Morgan fingerprint density at radius 2 is 2.07 bits per heavy atom. The normalized spacial score (nSPS) is 9.07. The molecule has 4 nitrogen and oxygen atoms in total. The Kier molecular flexibility index (Phi) is 3.50. The maximum atomic E-state index is 10.4. The van der Waals surface area contributed by atoms with E-state index in [0.717, 1.165) is 5.69 Å². The fourth-order valence-electron chi connectivity index (χ4n) is 0.993. The van der Waals surface area contributed by atoms with Crippen molar-refractivity contribution in [2.24, 2.45) is 5.73 Å². The third-order valence-electron chi connectivity index (χ3n) is 1.71. The van der Waals surface area contributed by atoms with Gasteiger partial charge in [0.15, 0.2) is 0 Å². The highest BCUT2D eigenvalue weighted by Crippen LogP contribution is 2.08. The van der Waals surface area contributed by atoms with E-state index in [1.165, 1.54) is 0 Å². The summed E-state index contributed by atoms with van der Waals surface area (Å²) in [7, 11) is 0. The summed E-state index contributed by atoms with van der Waals surface area (Å²) in [5.41, 5.74) is 6.48. The number of rotatable bonds is 4. The number of carbonyl (C=O) groups is 1. The first-order chi connectivity index (χ1) is 6.72. The highest BCUT2D eigenvalue weighted by molar-refractivity contribution is 5.74. The molecule has 0 aliphatic carbocycles. The summed E-state index contributed by atoms with van der Waals surface area (Å²) in [6, 6.07) is 9.04. The van der Waals surface area contributed by atoms with Gasteiger partial charge in [-0.2, -0.15) is 5.26 Å². The Bertz CT molecular complexity index is 351. The quantitative estimate of drug-likeness (QED) is 0.736. The molecule has 3 N–H and O–H groups in total. The summed E-state index contributed by atoms with van der Waals surface area (Å²) in [6.07, 6.45) is 0.306. The van der Waals surface area contributed by atoms with Crippen LogP contribution >= 0.6 is 0 Å². The minimum Gasteiger partial charge on any atom is -0.385 e. The molecule has 0 saturated carbocycles. The fourth-order valence-corrected chi connectivity index (χ4v) is 0.993. The van der Waals surface area contributed by atoms with Crippen molar-refractivity contribution < 1.29 is 4.79 Å². The van der Waals surface area contributed by atoms with Crippen LogP contribution in [0.3, 0.4) is 0 Å². The van der Waals surface area contributed by atoms with E-state index in [4.69, 9.17) is 11.0 Å². The van der Waals surface area contributed by atoms with Gasteiger partial charge in [0, 0.05) is 18.7 Å². The minimum atomic E-state index is -0.328. The Morgan fingerprint density at radius 3 is 2.57 bits per heavy atom. The molecule has 72 valence electrons. The first-order valence-corrected chi connectivity index (χ1v) is 4.24. The first kappa shape index (κ1) is 10.1. The number of anilines is 1. The van der Waals surface area contributed by atoms with E-state index in [1.54, 1.807) is 24.3 Å². The molecule has 1 amide bonds. The zero-order valence-electron chi connectivity index (χ0n) is 7.66. The van der Waals surface area contributed by atoms with Gasteiger partial charge in [0.2, 0.25) is 5.91 Å². The SMILES string of the molecule is N#Cc1ccc(NCCC(N)=O)cc1. The number of carbonyl (C=O) groups excluding carboxylic acids is 1. The van der Waals surface area contributed by atoms with Gasteiger partial charge in [0.05, 0.1) is 11.6 Å². The van der Waals surface area contributed by atoms with Gasteiger partial charge in [-0.3, -0.25) is 4.79 Å². The molecule has 0 radical (unpaired) electrons. The zero-order chi connectivity index (χ0) is 10.4. The largest absolute Gasteiger partial charge is 0.385 e. The Hall–Kier alpha value is -2.02. The number of nitrogens with zero attached hydrogens (tertiary/aromatic N) is 1. The molecule has 1 aromatic carbocycles. The number of hydrogen-bond acceptors (Lipinski definition) is 3. The van der Waals surface area contributed by atoms with E-state index < -0.39 is 0 Å². The molecule has 0 aromatic heterocycles. The number of benzene rings is 1. The predicted octanol–water partition coefficient (Wildman–Crippen LogP) is 0.846. The molecule has 0 bridgehead atoms. The number of nitrogens with two attached hydrogens (primary N) is 1. The Labute approximate surface area is 82.3 Å². The van der Waals surface area contributed by atoms with Crippen LogP contribution in [0, 0.1) is 11.3 Å². The molecular formula is C10H11N3O. The number of hydrogen-bond donors (Lipinski definition) is 2. The average molecular weight is 189 g/mol. The molecule has 0 unspecified atom stereocenters. The summed E-state index contributed by atoms with van der Waals surface area (Å²) >= 11 is 0. The third-order valence-corrected chi connectivity index (χ3v) is 1.71. The van der Waals surface area contributed by atoms with Crippen molar-refractivity contribution in [3.05, 3.63) is 29.8 Å². The Balaban J connectivity index is 2.45. The van der Waals surface area contributed by atoms with Gasteiger partial charge in [0.25, 0.3) is 0 Å². The van der Waals surface area contributed by atoms with E-state index in [9.17, 15) is 4.79 Å². The highest BCUT2D eigenvalue weighted by Gasteiger charge is 1.95. The van der Waals surface area contributed by atoms with Crippen molar-refractivity contribution in [3.8, 4) is 6.07 Å². The maximum absolute atomic E-state index is 10.4. The predicted molar refractivity (Wildman–Crippen MR) is 53.5 cm³/mol. The van der Waals surface area contributed by atoms with Crippen molar-refractivity contribution >= 4 is 11.6 Å². The topological polar surface area (TPSA) is 78.9 Å². The molecule has 0 aliphatic heterocycles. The first-order valence-electron chi connectivity index (χ1n) is 4.24. The number of primary amides is 1. The van der Waals surface area contributed by atoms with Crippen molar-refractivity contribution in [2.45, 2.75) is 6.42 Å². The second-order valence-corrected chi connectivity index (χ2v) is 2.83. The van der Waals surface area contributed by atoms with Crippen LogP contribution in [0.1, 0.15) is 12.0 Å². The van der Waals surface area contributed by atoms with Crippen LogP contribution < -0.4 is 11.1 Å². The summed E-state index contributed by atoms with van der Waals surface area (Å²) in [5, 5.41) is 11.6. The van der Waals surface area contributed by atoms with Gasteiger partial charge >= 0.3 is 0 Å². The van der Waals surface area contributed by atoms with Crippen molar-refractivity contribution in [1.29, 1.82) is 5.26 Å². The molecule has 0 atom stereocenters. The van der Waals surface area contributed by atoms with Crippen molar-refractivity contribution in [1.82, 2.24) is 0 Å². The number of amides is 1. The van der Waals surface area contributed by atoms with Crippen LogP contribution in [-0.4, -0.2) is 12.5 Å². The second-order valence-electron chi connectivity index (χ2n) is 2.83. The van der Waals surface area contributed by atoms with Gasteiger partial charge in [-0.05, 0) is 24.3 Å². The number of nitrogens with one attached hydrogen (secondary N) is 1. The van der Waals surface area contributed by atoms with Gasteiger partial charge in [-0.15, -0.1) is 0 Å². The van der Waals surface area contributed by atoms with Crippen LogP contribution in [-0.2, 0) is 4.79 Å². The summed E-state index contributed by atoms with van der Waals surface area (Å²) in [5.74, 6) is -0.328. The highest BCUT2D eigenvalue weighted by atomic mass is 16.1. The summed E-state index contributed by atoms with van der Waals surface area (Å²) in [4.78, 5) is 10.4. The zero-order valence-corrected chi connectivity index (χ0v) is 7.66. The van der Waals surface area contributed by atoms with E-state index in [-0.39, 0.29) is 5.91 Å². The molecule has 0 fully saturated rings. The molecule has 1 rings (SSSR count). The minimum absolute atomic E-state index is 0.306. The lowest BCUT2D eigenvalue weighted by Crippen LogP contribution is -2.15. The van der Waals surface area contributed by atoms with Crippen LogP contribution in [0.15, 0.2) is 24.3 Å². The maximum Gasteiger partial charge on any atom is 0.219 e.